The number of nitrogens with one attached hydrogen (secondary N) is 1. The van der Waals surface area contributed by atoms with E-state index in [-0.39, 0.29) is 23.8 Å². The Morgan fingerprint density at radius 2 is 1.86 bits per heavy atom. The Labute approximate surface area is 175 Å². The number of carbonyl (C=O) groups is 2. The zero-order valence-corrected chi connectivity index (χ0v) is 18.3. The molecule has 0 aromatic heterocycles. The van der Waals surface area contributed by atoms with Crippen LogP contribution >= 0.6 is 15.9 Å². The van der Waals surface area contributed by atoms with Crippen molar-refractivity contribution in [3.05, 3.63) is 69.2 Å². The third kappa shape index (κ3) is 5.02. The fourth-order valence-corrected chi connectivity index (χ4v) is 4.26. The standard InChI is InChI=1S/C23H27BrN2O2/c1-15-10-16(2)12-20(11-15)23(28)26-9-5-7-19(14-26)22(27)25-17(3)18-6-4-8-21(24)13-18/h4,6,8,10-13,17,19H,5,7,9,14H2,1-3H3,(H,25,27). The number of hydrogen-bond acceptors (Lipinski definition) is 2. The van der Waals surface area contributed by atoms with E-state index in [0.29, 0.717) is 18.7 Å². The van der Waals surface area contributed by atoms with Gasteiger partial charge in [-0.1, -0.05) is 45.3 Å². The first-order chi connectivity index (χ1) is 13.3. The lowest BCUT2D eigenvalue weighted by Crippen LogP contribution is -2.45. The van der Waals surface area contributed by atoms with Crippen LogP contribution in [-0.2, 0) is 4.79 Å². The summed E-state index contributed by atoms with van der Waals surface area (Å²) < 4.78 is 0.994. The summed E-state index contributed by atoms with van der Waals surface area (Å²) in [6.07, 6.45) is 1.66. The van der Waals surface area contributed by atoms with E-state index in [1.807, 2.05) is 62.1 Å². The second-order valence-electron chi connectivity index (χ2n) is 7.75. The number of rotatable bonds is 4. The third-order valence-electron chi connectivity index (χ3n) is 5.26. The van der Waals surface area contributed by atoms with Gasteiger partial charge in [-0.05, 0) is 63.4 Å². The highest BCUT2D eigenvalue weighted by Gasteiger charge is 2.29. The summed E-state index contributed by atoms with van der Waals surface area (Å²) in [6.45, 7) is 7.17. The summed E-state index contributed by atoms with van der Waals surface area (Å²) in [5.74, 6) is -0.132. The molecule has 1 fully saturated rings. The predicted octanol–water partition coefficient (Wildman–Crippen LogP) is 4.80. The number of hydrogen-bond donors (Lipinski definition) is 1. The molecule has 0 radical (unpaired) electrons. The lowest BCUT2D eigenvalue weighted by Gasteiger charge is -2.33. The first kappa shape index (κ1) is 20.6. The highest BCUT2D eigenvalue weighted by molar-refractivity contribution is 9.10. The Morgan fingerprint density at radius 3 is 2.54 bits per heavy atom. The molecule has 2 aromatic rings. The van der Waals surface area contributed by atoms with Crippen molar-refractivity contribution >= 4 is 27.7 Å². The quantitative estimate of drug-likeness (QED) is 0.739. The molecule has 148 valence electrons. The second-order valence-corrected chi connectivity index (χ2v) is 8.67. The molecule has 4 nitrogen and oxygen atoms in total. The molecule has 1 heterocycles. The number of nitrogens with zero attached hydrogens (tertiary/aromatic N) is 1. The number of amides is 2. The van der Waals surface area contributed by atoms with Gasteiger partial charge in [-0.15, -0.1) is 0 Å². The Hall–Kier alpha value is -2.14. The van der Waals surface area contributed by atoms with Crippen LogP contribution in [0.25, 0.3) is 0 Å². The molecule has 1 aliphatic rings. The summed E-state index contributed by atoms with van der Waals surface area (Å²) in [6, 6.07) is 13.8. The number of piperidine rings is 1. The molecular weight excluding hydrogens is 416 g/mol. The maximum atomic E-state index is 12.9. The van der Waals surface area contributed by atoms with Gasteiger partial charge < -0.3 is 10.2 Å². The van der Waals surface area contributed by atoms with Crippen LogP contribution in [0.4, 0.5) is 0 Å². The van der Waals surface area contributed by atoms with Gasteiger partial charge >= 0.3 is 0 Å². The number of likely N-dealkylation sites (tertiary alicyclic amines) is 1. The van der Waals surface area contributed by atoms with Crippen molar-refractivity contribution in [3.63, 3.8) is 0 Å². The van der Waals surface area contributed by atoms with Gasteiger partial charge in [-0.25, -0.2) is 0 Å². The zero-order valence-electron chi connectivity index (χ0n) is 16.7. The highest BCUT2D eigenvalue weighted by Crippen LogP contribution is 2.22. The van der Waals surface area contributed by atoms with Crippen LogP contribution in [0.3, 0.4) is 0 Å². The van der Waals surface area contributed by atoms with Crippen molar-refractivity contribution < 1.29 is 9.59 Å². The molecule has 2 unspecified atom stereocenters. The van der Waals surface area contributed by atoms with Crippen molar-refractivity contribution in [1.82, 2.24) is 10.2 Å². The van der Waals surface area contributed by atoms with Crippen LogP contribution in [0.2, 0.25) is 0 Å². The van der Waals surface area contributed by atoms with E-state index in [0.717, 1.165) is 34.0 Å². The van der Waals surface area contributed by atoms with Gasteiger partial charge in [0.25, 0.3) is 5.91 Å². The maximum absolute atomic E-state index is 12.9. The summed E-state index contributed by atoms with van der Waals surface area (Å²) >= 11 is 3.47. The van der Waals surface area contributed by atoms with Gasteiger partial charge in [0, 0.05) is 23.1 Å². The molecule has 3 rings (SSSR count). The SMILES string of the molecule is Cc1cc(C)cc(C(=O)N2CCCC(C(=O)NC(C)c3cccc(Br)c3)C2)c1. The van der Waals surface area contributed by atoms with E-state index in [9.17, 15) is 9.59 Å². The van der Waals surface area contributed by atoms with Gasteiger partial charge in [-0.3, -0.25) is 9.59 Å². The average Bonchev–Trinajstić information content (AvgIpc) is 2.66. The van der Waals surface area contributed by atoms with Crippen LogP contribution in [-0.4, -0.2) is 29.8 Å². The van der Waals surface area contributed by atoms with Crippen LogP contribution in [0.5, 0.6) is 0 Å². The Bertz CT molecular complexity index is 860. The largest absolute Gasteiger partial charge is 0.349 e. The monoisotopic (exact) mass is 442 g/mol. The highest BCUT2D eigenvalue weighted by atomic mass is 79.9. The third-order valence-corrected chi connectivity index (χ3v) is 5.75. The normalized spacial score (nSPS) is 17.9. The molecule has 0 aliphatic carbocycles. The Morgan fingerprint density at radius 1 is 1.14 bits per heavy atom. The second kappa shape index (κ2) is 8.91. The van der Waals surface area contributed by atoms with E-state index in [4.69, 9.17) is 0 Å². The van der Waals surface area contributed by atoms with Gasteiger partial charge in [0.1, 0.15) is 0 Å². The first-order valence-electron chi connectivity index (χ1n) is 9.77. The van der Waals surface area contributed by atoms with Crippen LogP contribution in [0, 0.1) is 19.8 Å². The first-order valence-corrected chi connectivity index (χ1v) is 10.6. The molecule has 2 atom stereocenters. The minimum Gasteiger partial charge on any atom is -0.349 e. The number of carbonyl (C=O) groups excluding carboxylic acids is 2. The van der Waals surface area contributed by atoms with Crippen LogP contribution < -0.4 is 5.32 Å². The summed E-state index contributed by atoms with van der Waals surface area (Å²) in [5, 5.41) is 3.11. The topological polar surface area (TPSA) is 49.4 Å². The van der Waals surface area contributed by atoms with E-state index < -0.39 is 0 Å². The van der Waals surface area contributed by atoms with E-state index in [1.54, 1.807) is 0 Å². The molecule has 0 saturated carbocycles. The number of aryl methyl sites for hydroxylation is 2. The van der Waals surface area contributed by atoms with Crippen molar-refractivity contribution in [2.24, 2.45) is 5.92 Å². The van der Waals surface area contributed by atoms with Crippen molar-refractivity contribution in [3.8, 4) is 0 Å². The molecule has 1 aliphatic heterocycles. The van der Waals surface area contributed by atoms with Crippen molar-refractivity contribution in [2.75, 3.05) is 13.1 Å². The number of benzene rings is 2. The van der Waals surface area contributed by atoms with E-state index in [2.05, 4.69) is 27.3 Å². The fraction of sp³-hybridized carbons (Fsp3) is 0.391. The van der Waals surface area contributed by atoms with E-state index in [1.165, 1.54) is 0 Å². The molecule has 1 saturated heterocycles. The molecule has 2 aromatic carbocycles. The molecule has 28 heavy (non-hydrogen) atoms. The summed E-state index contributed by atoms with van der Waals surface area (Å²) in [7, 11) is 0. The average molecular weight is 443 g/mol. The van der Waals surface area contributed by atoms with Gasteiger partial charge in [0.2, 0.25) is 5.91 Å². The van der Waals surface area contributed by atoms with Gasteiger partial charge in [0.05, 0.1) is 12.0 Å². The molecular formula is C23H27BrN2O2. The van der Waals surface area contributed by atoms with Gasteiger partial charge in [0.15, 0.2) is 0 Å². The molecule has 0 spiro atoms. The predicted molar refractivity (Wildman–Crippen MR) is 115 cm³/mol. The molecule has 0 bridgehead atoms. The van der Waals surface area contributed by atoms with Crippen molar-refractivity contribution in [2.45, 2.75) is 39.7 Å². The summed E-state index contributed by atoms with van der Waals surface area (Å²) in [5.41, 5.74) is 3.93. The lowest BCUT2D eigenvalue weighted by molar-refractivity contribution is -0.127. The number of halogens is 1. The Kier molecular flexibility index (Phi) is 6.55. The van der Waals surface area contributed by atoms with Crippen molar-refractivity contribution in [1.29, 1.82) is 0 Å². The molecule has 1 N–H and O–H groups in total. The van der Waals surface area contributed by atoms with Crippen LogP contribution in [0.15, 0.2) is 46.9 Å². The lowest BCUT2D eigenvalue weighted by atomic mass is 9.95. The maximum Gasteiger partial charge on any atom is 0.253 e. The zero-order chi connectivity index (χ0) is 20.3. The Balaban J connectivity index is 1.65. The summed E-state index contributed by atoms with van der Waals surface area (Å²) in [4.78, 5) is 27.6. The molecule has 2 amide bonds. The fourth-order valence-electron chi connectivity index (χ4n) is 3.85. The minimum atomic E-state index is -0.168. The minimum absolute atomic E-state index is 0.0179. The van der Waals surface area contributed by atoms with Gasteiger partial charge in [-0.2, -0.15) is 0 Å². The smallest absolute Gasteiger partial charge is 0.253 e. The van der Waals surface area contributed by atoms with E-state index >= 15 is 0 Å². The van der Waals surface area contributed by atoms with Crippen LogP contribution in [0.1, 0.15) is 52.9 Å². The molecule has 5 heteroatoms.